The minimum absolute atomic E-state index is 0.371. The van der Waals surface area contributed by atoms with Crippen molar-refractivity contribution in [1.29, 1.82) is 0 Å². The Morgan fingerprint density at radius 1 is 0.745 bits per heavy atom. The lowest BCUT2D eigenvalue weighted by Gasteiger charge is -2.36. The standard InChI is InChI=1S/C46H40N6O3/c1-3-4-24-42-47-31-41(43-40(29-30-55-43)45(53)54-2)51(42)32-33-25-27-34(28-26-33)38-22-14-15-23-39(38)44-48-49-50-52(44)46(35-16-8-5-9-17-35,36-18-10-6-11-19-36)37-20-12-7-13-21-37/h5-23,25-31H,3-4,24,32H2,1-2H3. The molecule has 0 aliphatic carbocycles. The van der Waals surface area contributed by atoms with Crippen LogP contribution in [-0.2, 0) is 23.2 Å². The Balaban J connectivity index is 1.21. The van der Waals surface area contributed by atoms with Crippen LogP contribution in [0, 0.1) is 0 Å². The molecule has 0 aliphatic heterocycles. The highest BCUT2D eigenvalue weighted by Crippen LogP contribution is 2.43. The quantitative estimate of drug-likeness (QED) is 0.0863. The van der Waals surface area contributed by atoms with Crippen molar-refractivity contribution in [2.45, 2.75) is 38.3 Å². The Morgan fingerprint density at radius 3 is 1.95 bits per heavy atom. The molecule has 8 rings (SSSR count). The first-order valence-corrected chi connectivity index (χ1v) is 18.5. The summed E-state index contributed by atoms with van der Waals surface area (Å²) in [6, 6.07) is 49.7. The second-order valence-electron chi connectivity index (χ2n) is 13.4. The van der Waals surface area contributed by atoms with Crippen molar-refractivity contribution >= 4 is 5.97 Å². The van der Waals surface area contributed by atoms with Gasteiger partial charge in [-0.05, 0) is 56.3 Å². The van der Waals surface area contributed by atoms with E-state index in [0.29, 0.717) is 23.7 Å². The van der Waals surface area contributed by atoms with Crippen molar-refractivity contribution in [2.24, 2.45) is 0 Å². The summed E-state index contributed by atoms with van der Waals surface area (Å²) in [7, 11) is 1.37. The zero-order valence-electron chi connectivity index (χ0n) is 30.7. The molecule has 0 saturated heterocycles. The summed E-state index contributed by atoms with van der Waals surface area (Å²) in [6.07, 6.45) is 6.13. The van der Waals surface area contributed by atoms with Gasteiger partial charge in [0.2, 0.25) is 0 Å². The second-order valence-corrected chi connectivity index (χ2v) is 13.4. The van der Waals surface area contributed by atoms with E-state index in [-0.39, 0.29) is 0 Å². The lowest BCUT2D eigenvalue weighted by molar-refractivity contribution is 0.0601. The summed E-state index contributed by atoms with van der Waals surface area (Å²) in [6.45, 7) is 2.71. The number of ether oxygens (including phenoxy) is 1. The van der Waals surface area contributed by atoms with E-state index in [0.717, 1.165) is 69.7 Å². The van der Waals surface area contributed by atoms with E-state index in [2.05, 4.69) is 126 Å². The molecule has 0 N–H and O–H groups in total. The van der Waals surface area contributed by atoms with Crippen LogP contribution >= 0.6 is 0 Å². The Bertz CT molecular complexity index is 2410. The van der Waals surface area contributed by atoms with Gasteiger partial charge < -0.3 is 13.7 Å². The molecule has 3 heterocycles. The summed E-state index contributed by atoms with van der Waals surface area (Å²) in [5, 5.41) is 13.8. The average Bonchev–Trinajstić information content (AvgIpc) is 4.03. The molecule has 9 heteroatoms. The molecule has 0 amide bonds. The maximum atomic E-state index is 12.6. The third-order valence-corrected chi connectivity index (χ3v) is 10.1. The number of imidazole rings is 1. The predicted molar refractivity (Wildman–Crippen MR) is 212 cm³/mol. The number of rotatable bonds is 13. The predicted octanol–water partition coefficient (Wildman–Crippen LogP) is 9.48. The number of carbonyl (C=O) groups excluding carboxylic acids is 1. The molecular weight excluding hydrogens is 685 g/mol. The Kier molecular flexibility index (Phi) is 9.99. The van der Waals surface area contributed by atoms with Gasteiger partial charge in [0.25, 0.3) is 0 Å². The van der Waals surface area contributed by atoms with Crippen molar-refractivity contribution in [2.75, 3.05) is 7.11 Å². The normalized spacial score (nSPS) is 11.5. The molecule has 9 nitrogen and oxygen atoms in total. The summed E-state index contributed by atoms with van der Waals surface area (Å²) >= 11 is 0. The number of unbranched alkanes of at least 4 members (excludes halogenated alkanes) is 1. The summed E-state index contributed by atoms with van der Waals surface area (Å²) in [5.41, 5.74) is 7.33. The van der Waals surface area contributed by atoms with Gasteiger partial charge in [0.05, 0.1) is 19.6 Å². The average molecular weight is 725 g/mol. The molecular formula is C46H40N6O3. The Labute approximate surface area is 319 Å². The van der Waals surface area contributed by atoms with E-state index in [4.69, 9.17) is 24.5 Å². The van der Waals surface area contributed by atoms with Crippen LogP contribution in [0.3, 0.4) is 0 Å². The molecule has 55 heavy (non-hydrogen) atoms. The number of furan rings is 1. The van der Waals surface area contributed by atoms with E-state index >= 15 is 0 Å². The van der Waals surface area contributed by atoms with Crippen molar-refractivity contribution in [1.82, 2.24) is 29.8 Å². The van der Waals surface area contributed by atoms with Gasteiger partial charge in [-0.15, -0.1) is 5.10 Å². The number of aryl methyl sites for hydroxylation is 1. The van der Waals surface area contributed by atoms with Crippen molar-refractivity contribution in [3.8, 4) is 34.0 Å². The highest BCUT2D eigenvalue weighted by molar-refractivity contribution is 5.95. The van der Waals surface area contributed by atoms with Crippen molar-refractivity contribution in [3.63, 3.8) is 0 Å². The first-order chi connectivity index (χ1) is 27.1. The largest absolute Gasteiger partial charge is 0.465 e. The maximum Gasteiger partial charge on any atom is 0.341 e. The molecule has 0 spiro atoms. The van der Waals surface area contributed by atoms with Gasteiger partial charge >= 0.3 is 5.97 Å². The minimum atomic E-state index is -0.876. The molecule has 0 atom stereocenters. The monoisotopic (exact) mass is 724 g/mol. The number of methoxy groups -OCH3 is 1. The van der Waals surface area contributed by atoms with Gasteiger partial charge in [-0.2, -0.15) is 0 Å². The number of nitrogens with zero attached hydrogens (tertiary/aromatic N) is 6. The number of tetrazole rings is 1. The van der Waals surface area contributed by atoms with Crippen LogP contribution in [-0.4, -0.2) is 42.8 Å². The molecule has 8 aromatic rings. The number of esters is 1. The topological polar surface area (TPSA) is 101 Å². The third-order valence-electron chi connectivity index (χ3n) is 10.1. The second kappa shape index (κ2) is 15.6. The highest BCUT2D eigenvalue weighted by Gasteiger charge is 2.42. The van der Waals surface area contributed by atoms with E-state index in [1.807, 2.05) is 35.0 Å². The van der Waals surface area contributed by atoms with Gasteiger partial charge in [0.1, 0.15) is 22.6 Å². The SMILES string of the molecule is CCCCc1ncc(-c2occc2C(=O)OC)n1Cc1ccc(-c2ccccc2-c2nnnn2C(c2ccccc2)(c2ccccc2)c2ccccc2)cc1. The van der Waals surface area contributed by atoms with Crippen molar-refractivity contribution < 1.29 is 13.9 Å². The number of hydrogen-bond acceptors (Lipinski definition) is 7. The van der Waals surface area contributed by atoms with E-state index in [1.165, 1.54) is 13.4 Å². The first-order valence-electron chi connectivity index (χ1n) is 18.5. The smallest absolute Gasteiger partial charge is 0.341 e. The van der Waals surface area contributed by atoms with Crippen molar-refractivity contribution in [3.05, 3.63) is 192 Å². The van der Waals surface area contributed by atoms with Gasteiger partial charge in [-0.25, -0.2) is 14.5 Å². The van der Waals surface area contributed by atoms with Gasteiger partial charge in [0.15, 0.2) is 11.6 Å². The number of benzene rings is 5. The van der Waals surface area contributed by atoms with Crippen LogP contribution in [0.15, 0.2) is 162 Å². The van der Waals surface area contributed by atoms with Gasteiger partial charge in [0, 0.05) is 18.5 Å². The van der Waals surface area contributed by atoms with Gasteiger partial charge in [-0.3, -0.25) is 0 Å². The molecule has 0 fully saturated rings. The van der Waals surface area contributed by atoms with Crippen LogP contribution in [0.2, 0.25) is 0 Å². The minimum Gasteiger partial charge on any atom is -0.465 e. The summed E-state index contributed by atoms with van der Waals surface area (Å²) in [4.78, 5) is 17.3. The summed E-state index contributed by atoms with van der Waals surface area (Å²) < 4.78 is 15.0. The zero-order valence-corrected chi connectivity index (χ0v) is 30.7. The highest BCUT2D eigenvalue weighted by atomic mass is 16.5. The lowest BCUT2D eigenvalue weighted by Crippen LogP contribution is -2.39. The lowest BCUT2D eigenvalue weighted by atomic mass is 9.77. The molecule has 0 unspecified atom stereocenters. The summed E-state index contributed by atoms with van der Waals surface area (Å²) in [5.74, 6) is 1.57. The first kappa shape index (κ1) is 35.2. The van der Waals surface area contributed by atoms with Gasteiger partial charge in [-0.1, -0.05) is 153 Å². The van der Waals surface area contributed by atoms with E-state index in [9.17, 15) is 4.79 Å². The third kappa shape index (κ3) is 6.54. The van der Waals surface area contributed by atoms with E-state index < -0.39 is 11.5 Å². The van der Waals surface area contributed by atoms with Crippen LogP contribution in [0.5, 0.6) is 0 Å². The van der Waals surface area contributed by atoms with Crippen LogP contribution in [0.25, 0.3) is 34.0 Å². The fraction of sp³-hybridized carbons (Fsp3) is 0.152. The van der Waals surface area contributed by atoms with Crippen LogP contribution in [0.4, 0.5) is 0 Å². The maximum absolute atomic E-state index is 12.6. The van der Waals surface area contributed by atoms with Crippen LogP contribution < -0.4 is 0 Å². The molecule has 272 valence electrons. The van der Waals surface area contributed by atoms with Crippen LogP contribution in [0.1, 0.15) is 58.2 Å². The molecule has 5 aromatic carbocycles. The Morgan fingerprint density at radius 2 is 1.35 bits per heavy atom. The number of aromatic nitrogens is 6. The molecule has 0 bridgehead atoms. The zero-order chi connectivity index (χ0) is 37.6. The molecule has 3 aromatic heterocycles. The Hall–Kier alpha value is -6.87. The fourth-order valence-electron chi connectivity index (χ4n) is 7.47. The number of carbonyl (C=O) groups is 1. The molecule has 0 aliphatic rings. The molecule has 0 radical (unpaired) electrons. The van der Waals surface area contributed by atoms with E-state index in [1.54, 1.807) is 12.3 Å². The molecule has 0 saturated carbocycles. The number of hydrogen-bond donors (Lipinski definition) is 0. The fourth-order valence-corrected chi connectivity index (χ4v) is 7.47.